The third-order valence-electron chi connectivity index (χ3n) is 2.26. The fourth-order valence-corrected chi connectivity index (χ4v) is 1.65. The van der Waals surface area contributed by atoms with Crippen molar-refractivity contribution in [1.82, 2.24) is 0 Å². The number of esters is 1. The van der Waals surface area contributed by atoms with E-state index in [1.165, 1.54) is 6.92 Å². The van der Waals surface area contributed by atoms with E-state index in [2.05, 4.69) is 13.8 Å². The zero-order valence-electron chi connectivity index (χ0n) is 8.63. The smallest absolute Gasteiger partial charge is 0.302 e. The van der Waals surface area contributed by atoms with Crippen LogP contribution in [-0.2, 0) is 14.3 Å². The van der Waals surface area contributed by atoms with Crippen molar-refractivity contribution in [3.63, 3.8) is 0 Å². The Morgan fingerprint density at radius 3 is 2.85 bits per heavy atom. The van der Waals surface area contributed by atoms with E-state index in [0.29, 0.717) is 6.61 Å². The standard InChI is InChI=1S/C10H18O3/c1-8(11)12-7-9-5-4-6-10(2,3)13-9/h9H,4-7H2,1-3H3. The van der Waals surface area contributed by atoms with Crippen LogP contribution in [0, 0.1) is 0 Å². The number of carbonyl (C=O) groups excluding carboxylic acids is 1. The fraction of sp³-hybridized carbons (Fsp3) is 0.900. The van der Waals surface area contributed by atoms with Gasteiger partial charge in [-0.05, 0) is 33.1 Å². The zero-order valence-corrected chi connectivity index (χ0v) is 8.63. The summed E-state index contributed by atoms with van der Waals surface area (Å²) in [6, 6.07) is 0. The van der Waals surface area contributed by atoms with Crippen molar-refractivity contribution in [3.05, 3.63) is 0 Å². The molecule has 1 aliphatic heterocycles. The molecule has 1 atom stereocenters. The summed E-state index contributed by atoms with van der Waals surface area (Å²) in [5.41, 5.74) is -0.0525. The molecule has 0 aromatic rings. The van der Waals surface area contributed by atoms with E-state index in [1.54, 1.807) is 0 Å². The molecule has 3 nitrogen and oxygen atoms in total. The summed E-state index contributed by atoms with van der Waals surface area (Å²) in [6.45, 7) is 5.98. The molecule has 76 valence electrons. The highest BCUT2D eigenvalue weighted by Gasteiger charge is 2.28. The Bertz CT molecular complexity index is 187. The van der Waals surface area contributed by atoms with Gasteiger partial charge in [-0.25, -0.2) is 0 Å². The van der Waals surface area contributed by atoms with Gasteiger partial charge in [-0.2, -0.15) is 0 Å². The average molecular weight is 186 g/mol. The van der Waals surface area contributed by atoms with Gasteiger partial charge < -0.3 is 9.47 Å². The van der Waals surface area contributed by atoms with Crippen LogP contribution in [0.25, 0.3) is 0 Å². The van der Waals surface area contributed by atoms with Gasteiger partial charge in [0.05, 0.1) is 11.7 Å². The Balaban J connectivity index is 2.30. The van der Waals surface area contributed by atoms with E-state index in [1.807, 2.05) is 0 Å². The summed E-state index contributed by atoms with van der Waals surface area (Å²) < 4.78 is 10.7. The molecule has 0 saturated carbocycles. The van der Waals surface area contributed by atoms with Gasteiger partial charge in [-0.3, -0.25) is 4.79 Å². The quantitative estimate of drug-likeness (QED) is 0.618. The van der Waals surface area contributed by atoms with Crippen LogP contribution in [0.3, 0.4) is 0 Å². The molecule has 0 spiro atoms. The van der Waals surface area contributed by atoms with Crippen LogP contribution in [0.1, 0.15) is 40.0 Å². The fourth-order valence-electron chi connectivity index (χ4n) is 1.65. The van der Waals surface area contributed by atoms with Crippen LogP contribution < -0.4 is 0 Å². The molecule has 0 bridgehead atoms. The second kappa shape index (κ2) is 4.09. The highest BCUT2D eigenvalue weighted by Crippen LogP contribution is 2.27. The van der Waals surface area contributed by atoms with Crippen LogP contribution >= 0.6 is 0 Å². The maximum atomic E-state index is 10.6. The summed E-state index contributed by atoms with van der Waals surface area (Å²) in [5.74, 6) is -0.230. The summed E-state index contributed by atoms with van der Waals surface area (Å²) in [5, 5.41) is 0. The number of carbonyl (C=O) groups is 1. The van der Waals surface area contributed by atoms with E-state index in [4.69, 9.17) is 9.47 Å². The third-order valence-corrected chi connectivity index (χ3v) is 2.26. The van der Waals surface area contributed by atoms with E-state index in [9.17, 15) is 4.79 Å². The molecule has 1 fully saturated rings. The molecule has 1 unspecified atom stereocenters. The van der Waals surface area contributed by atoms with Gasteiger partial charge in [-0.1, -0.05) is 0 Å². The average Bonchev–Trinajstić information content (AvgIpc) is 1.99. The van der Waals surface area contributed by atoms with Gasteiger partial charge >= 0.3 is 5.97 Å². The molecule has 13 heavy (non-hydrogen) atoms. The number of rotatable bonds is 2. The second-order valence-electron chi connectivity index (χ2n) is 4.19. The van der Waals surface area contributed by atoms with Crippen molar-refractivity contribution in [3.8, 4) is 0 Å². The molecular formula is C10H18O3. The Morgan fingerprint density at radius 2 is 2.31 bits per heavy atom. The second-order valence-corrected chi connectivity index (χ2v) is 4.19. The molecule has 0 amide bonds. The molecule has 0 aromatic carbocycles. The summed E-state index contributed by atoms with van der Waals surface area (Å²) in [6.07, 6.45) is 3.33. The third kappa shape index (κ3) is 3.77. The normalized spacial score (nSPS) is 26.8. The topological polar surface area (TPSA) is 35.5 Å². The van der Waals surface area contributed by atoms with E-state index in [-0.39, 0.29) is 17.7 Å². The Hall–Kier alpha value is -0.570. The van der Waals surface area contributed by atoms with Gasteiger partial charge in [-0.15, -0.1) is 0 Å². The Labute approximate surface area is 79.4 Å². The van der Waals surface area contributed by atoms with Crippen molar-refractivity contribution in [2.24, 2.45) is 0 Å². The van der Waals surface area contributed by atoms with Gasteiger partial charge in [0.15, 0.2) is 0 Å². The van der Waals surface area contributed by atoms with Gasteiger partial charge in [0.25, 0.3) is 0 Å². The first kappa shape index (κ1) is 10.5. The molecule has 1 heterocycles. The number of ether oxygens (including phenoxy) is 2. The predicted molar refractivity (Wildman–Crippen MR) is 49.4 cm³/mol. The van der Waals surface area contributed by atoms with Gasteiger partial charge in [0.2, 0.25) is 0 Å². The van der Waals surface area contributed by atoms with Crippen LogP contribution in [-0.4, -0.2) is 24.3 Å². The monoisotopic (exact) mass is 186 g/mol. The van der Waals surface area contributed by atoms with Crippen LogP contribution in [0.4, 0.5) is 0 Å². The molecular weight excluding hydrogens is 168 g/mol. The van der Waals surface area contributed by atoms with E-state index in [0.717, 1.165) is 19.3 Å². The van der Waals surface area contributed by atoms with Crippen molar-refractivity contribution < 1.29 is 14.3 Å². The summed E-state index contributed by atoms with van der Waals surface area (Å²) in [4.78, 5) is 10.6. The van der Waals surface area contributed by atoms with E-state index < -0.39 is 0 Å². The van der Waals surface area contributed by atoms with Gasteiger partial charge in [0, 0.05) is 6.92 Å². The van der Waals surface area contributed by atoms with Crippen molar-refractivity contribution in [2.45, 2.75) is 51.7 Å². The van der Waals surface area contributed by atoms with E-state index >= 15 is 0 Å². The minimum absolute atomic E-state index is 0.0525. The predicted octanol–water partition coefficient (Wildman–Crippen LogP) is 1.90. The first-order chi connectivity index (χ1) is 5.99. The first-order valence-corrected chi connectivity index (χ1v) is 4.81. The van der Waals surface area contributed by atoms with Crippen molar-refractivity contribution in [1.29, 1.82) is 0 Å². The van der Waals surface area contributed by atoms with Gasteiger partial charge in [0.1, 0.15) is 6.61 Å². The first-order valence-electron chi connectivity index (χ1n) is 4.81. The highest BCUT2D eigenvalue weighted by molar-refractivity contribution is 5.65. The molecule has 0 N–H and O–H groups in total. The molecule has 1 rings (SSSR count). The summed E-state index contributed by atoms with van der Waals surface area (Å²) in [7, 11) is 0. The SMILES string of the molecule is CC(=O)OCC1CCCC(C)(C)O1. The largest absolute Gasteiger partial charge is 0.463 e. The lowest BCUT2D eigenvalue weighted by atomic mass is 9.95. The Kier molecular flexibility index (Phi) is 3.31. The van der Waals surface area contributed by atoms with Crippen LogP contribution in [0.5, 0.6) is 0 Å². The molecule has 0 radical (unpaired) electrons. The molecule has 0 aliphatic carbocycles. The highest BCUT2D eigenvalue weighted by atomic mass is 16.6. The minimum Gasteiger partial charge on any atom is -0.463 e. The minimum atomic E-state index is -0.230. The molecule has 3 heteroatoms. The van der Waals surface area contributed by atoms with Crippen LogP contribution in [0.15, 0.2) is 0 Å². The molecule has 1 saturated heterocycles. The van der Waals surface area contributed by atoms with Crippen molar-refractivity contribution >= 4 is 5.97 Å². The number of hydrogen-bond donors (Lipinski definition) is 0. The molecule has 0 aromatic heterocycles. The van der Waals surface area contributed by atoms with Crippen molar-refractivity contribution in [2.75, 3.05) is 6.61 Å². The zero-order chi connectivity index (χ0) is 9.90. The Morgan fingerprint density at radius 1 is 1.62 bits per heavy atom. The maximum Gasteiger partial charge on any atom is 0.302 e. The lowest BCUT2D eigenvalue weighted by Crippen LogP contribution is -2.37. The number of hydrogen-bond acceptors (Lipinski definition) is 3. The van der Waals surface area contributed by atoms with Crippen LogP contribution in [0.2, 0.25) is 0 Å². The molecule has 1 aliphatic rings. The lowest BCUT2D eigenvalue weighted by Gasteiger charge is -2.35. The lowest BCUT2D eigenvalue weighted by molar-refractivity contribution is -0.158. The summed E-state index contributed by atoms with van der Waals surface area (Å²) >= 11 is 0. The maximum absolute atomic E-state index is 10.6.